The third kappa shape index (κ3) is 3.41. The van der Waals surface area contributed by atoms with Gasteiger partial charge in [-0.2, -0.15) is 0 Å². The van der Waals surface area contributed by atoms with Gasteiger partial charge in [0.2, 0.25) is 0 Å². The van der Waals surface area contributed by atoms with E-state index in [1.165, 1.54) is 0 Å². The van der Waals surface area contributed by atoms with Crippen molar-refractivity contribution in [3.63, 3.8) is 0 Å². The van der Waals surface area contributed by atoms with Crippen molar-refractivity contribution in [1.82, 2.24) is 10.3 Å². The molecular weight excluding hydrogens is 459 g/mol. The van der Waals surface area contributed by atoms with Crippen molar-refractivity contribution in [3.8, 4) is 0 Å². The number of benzene rings is 1. The third-order valence-electron chi connectivity index (χ3n) is 3.15. The second-order valence-corrected chi connectivity index (χ2v) is 7.36. The molecule has 2 aromatic rings. The lowest BCUT2D eigenvalue weighted by atomic mass is 10.1. The Balaban J connectivity index is 1.83. The van der Waals surface area contributed by atoms with Crippen molar-refractivity contribution in [2.24, 2.45) is 3.15 Å². The fourth-order valence-electron chi connectivity index (χ4n) is 2.03. The van der Waals surface area contributed by atoms with Gasteiger partial charge >= 0.3 is 6.03 Å². The summed E-state index contributed by atoms with van der Waals surface area (Å²) in [6.45, 7) is 1.96. The molecule has 0 unspecified atom stereocenters. The van der Waals surface area contributed by atoms with E-state index in [1.54, 1.807) is 12.4 Å². The topological polar surface area (TPSA) is 66.4 Å². The van der Waals surface area contributed by atoms with E-state index in [1.807, 2.05) is 35.3 Å². The van der Waals surface area contributed by atoms with Crippen LogP contribution < -0.4 is 10.6 Å². The highest BCUT2D eigenvalue weighted by Gasteiger charge is 2.09. The largest absolute Gasteiger partial charge is 0.323 e. The summed E-state index contributed by atoms with van der Waals surface area (Å²) >= 11 is 3.22. The summed E-state index contributed by atoms with van der Waals surface area (Å²) in [5.41, 5.74) is 3.25. The molecule has 3 rings (SSSR count). The fraction of sp³-hybridized carbons (Fsp3) is 0.0667. The van der Waals surface area contributed by atoms with E-state index in [-0.39, 0.29) is 27.1 Å². The molecular formula is C15H12BrIN4O. The molecule has 0 atom stereocenters. The molecule has 22 heavy (non-hydrogen) atoms. The van der Waals surface area contributed by atoms with Crippen molar-refractivity contribution >= 4 is 59.6 Å². The summed E-state index contributed by atoms with van der Waals surface area (Å²) in [5.74, 6) is 0. The molecule has 0 fully saturated rings. The average molecular weight is 471 g/mol. The molecule has 2 N–H and O–H groups in total. The van der Waals surface area contributed by atoms with Gasteiger partial charge in [-0.05, 0) is 40.8 Å². The Labute approximate surface area is 146 Å². The highest BCUT2D eigenvalue weighted by molar-refractivity contribution is 14.2. The van der Waals surface area contributed by atoms with Crippen LogP contribution in [0.5, 0.6) is 0 Å². The summed E-state index contributed by atoms with van der Waals surface area (Å²) in [7, 11) is 0. The number of carbonyl (C=O) groups is 1. The van der Waals surface area contributed by atoms with Crippen molar-refractivity contribution in [1.29, 1.82) is 0 Å². The Morgan fingerprint density at radius 3 is 2.95 bits per heavy atom. The standard InChI is InChI=1S/C15H12BrIN4O/c1-9-12-6-10(16)2-3-13(12)18-8-14(9)21-15(22)20-11-4-5-17-19-7-11/h2-8H,1H3,(H2,20,21,22). The molecule has 112 valence electrons. The zero-order chi connectivity index (χ0) is 15.5. The summed E-state index contributed by atoms with van der Waals surface area (Å²) in [6.07, 6.45) is 5.24. The van der Waals surface area contributed by atoms with Crippen molar-refractivity contribution in [3.05, 3.63) is 56.5 Å². The van der Waals surface area contributed by atoms with E-state index in [0.29, 0.717) is 11.4 Å². The minimum absolute atomic E-state index is 0.234. The fourth-order valence-corrected chi connectivity index (χ4v) is 3.59. The molecule has 7 heteroatoms. The zero-order valence-electron chi connectivity index (χ0n) is 11.6. The maximum absolute atomic E-state index is 12.1. The Morgan fingerprint density at radius 2 is 2.18 bits per heavy atom. The van der Waals surface area contributed by atoms with Crippen molar-refractivity contribution in [2.75, 3.05) is 5.32 Å². The van der Waals surface area contributed by atoms with Crippen molar-refractivity contribution < 1.29 is 4.79 Å². The number of halogens is 2. The monoisotopic (exact) mass is 470 g/mol. The van der Waals surface area contributed by atoms with E-state index in [4.69, 9.17) is 0 Å². The normalized spacial score (nSPS) is 13.5. The number of allylic oxidation sites excluding steroid dienone is 1. The minimum atomic E-state index is -0.301. The lowest BCUT2D eigenvalue weighted by Crippen LogP contribution is -2.28. The molecule has 0 bridgehead atoms. The molecule has 1 aromatic carbocycles. The van der Waals surface area contributed by atoms with Crippen LogP contribution in [0.15, 0.2) is 54.1 Å². The second-order valence-electron chi connectivity index (χ2n) is 4.61. The predicted octanol–water partition coefficient (Wildman–Crippen LogP) is 4.95. The van der Waals surface area contributed by atoms with Crippen LogP contribution in [-0.2, 0) is 0 Å². The number of nitrogens with one attached hydrogen (secondary N) is 2. The molecule has 2 heterocycles. The summed E-state index contributed by atoms with van der Waals surface area (Å²) in [5, 5.41) is 6.60. The predicted molar refractivity (Wildman–Crippen MR) is 100 cm³/mol. The molecule has 0 spiro atoms. The minimum Gasteiger partial charge on any atom is -0.306 e. The maximum Gasteiger partial charge on any atom is 0.323 e. The number of urea groups is 1. The van der Waals surface area contributed by atoms with Gasteiger partial charge in [0.05, 0.1) is 29.3 Å². The zero-order valence-corrected chi connectivity index (χ0v) is 15.3. The number of aryl methyl sites for hydroxylation is 1. The van der Waals surface area contributed by atoms with Gasteiger partial charge in [0.15, 0.2) is 0 Å². The number of amides is 2. The Hall–Kier alpha value is -1.61. The number of carbonyl (C=O) groups excluding carboxylic acids is 1. The third-order valence-corrected chi connectivity index (χ3v) is 4.92. The number of hydrogen-bond donors (Lipinski definition) is 2. The van der Waals surface area contributed by atoms with Gasteiger partial charge in [0.25, 0.3) is 0 Å². The lowest BCUT2D eigenvalue weighted by molar-refractivity contribution is 0.254. The maximum atomic E-state index is 12.1. The van der Waals surface area contributed by atoms with Crippen LogP contribution in [0.2, 0.25) is 0 Å². The lowest BCUT2D eigenvalue weighted by Gasteiger charge is -2.12. The van der Waals surface area contributed by atoms with Crippen molar-refractivity contribution in [2.45, 2.75) is 6.92 Å². The average Bonchev–Trinajstić information content (AvgIpc) is 2.51. The second kappa shape index (κ2) is 6.66. The van der Waals surface area contributed by atoms with Gasteiger partial charge in [-0.3, -0.25) is 4.98 Å². The van der Waals surface area contributed by atoms with Crippen LogP contribution in [0, 0.1) is 6.92 Å². The van der Waals surface area contributed by atoms with E-state index < -0.39 is 0 Å². The van der Waals surface area contributed by atoms with Gasteiger partial charge in [-0.25, -0.2) is 7.94 Å². The molecule has 0 radical (unpaired) electrons. The highest BCUT2D eigenvalue weighted by atomic mass is 127. The number of pyridine rings is 1. The van der Waals surface area contributed by atoms with Crippen LogP contribution in [0.3, 0.4) is 0 Å². The van der Waals surface area contributed by atoms with E-state index >= 15 is 0 Å². The number of hydrogen-bond acceptors (Lipinski definition) is 3. The SMILES string of the molecule is Cc1c(NC(=O)NC2=CN=IC=C2)cnc2ccc(Br)cc12. The van der Waals surface area contributed by atoms with Crippen LogP contribution in [0.25, 0.3) is 10.9 Å². The number of fused-ring (bicyclic) bond motifs is 1. The van der Waals surface area contributed by atoms with Gasteiger partial charge in [-0.15, -0.1) is 0 Å². The summed E-state index contributed by atoms with van der Waals surface area (Å²) in [6, 6.07) is 5.59. The van der Waals surface area contributed by atoms with Crippen LogP contribution in [0.1, 0.15) is 5.56 Å². The molecule has 2 amide bonds. The summed E-state index contributed by atoms with van der Waals surface area (Å²) < 4.78 is 7.16. The van der Waals surface area contributed by atoms with E-state index in [2.05, 4.69) is 34.7 Å². The van der Waals surface area contributed by atoms with Gasteiger partial charge in [0, 0.05) is 30.9 Å². The number of aromatic nitrogens is 1. The quantitative estimate of drug-likeness (QED) is 0.610. The first-order valence-electron chi connectivity index (χ1n) is 6.46. The number of anilines is 1. The molecule has 1 aliphatic rings. The molecule has 1 aromatic heterocycles. The smallest absolute Gasteiger partial charge is 0.306 e. The Kier molecular flexibility index (Phi) is 4.63. The first-order valence-corrected chi connectivity index (χ1v) is 9.46. The van der Waals surface area contributed by atoms with Crippen LogP contribution in [-0.4, -0.2) is 11.0 Å². The highest BCUT2D eigenvalue weighted by Crippen LogP contribution is 2.26. The molecule has 0 aliphatic carbocycles. The van der Waals surface area contributed by atoms with Gasteiger partial charge in [-0.1, -0.05) is 15.9 Å². The molecule has 0 saturated heterocycles. The van der Waals surface area contributed by atoms with Gasteiger partial charge in [0.1, 0.15) is 0 Å². The Bertz CT molecular complexity index is 845. The molecule has 5 nitrogen and oxygen atoms in total. The summed E-state index contributed by atoms with van der Waals surface area (Å²) in [4.78, 5) is 16.4. The van der Waals surface area contributed by atoms with Gasteiger partial charge < -0.3 is 10.6 Å². The van der Waals surface area contributed by atoms with E-state index in [0.717, 1.165) is 20.9 Å². The number of nitrogens with zero attached hydrogens (tertiary/aromatic N) is 2. The molecule has 1 aliphatic heterocycles. The number of rotatable bonds is 2. The van der Waals surface area contributed by atoms with Crippen LogP contribution in [0.4, 0.5) is 10.5 Å². The molecule has 0 saturated carbocycles. The first-order chi connectivity index (χ1) is 10.6. The Morgan fingerprint density at radius 1 is 1.32 bits per heavy atom. The first kappa shape index (κ1) is 15.3. The van der Waals surface area contributed by atoms with E-state index in [9.17, 15) is 4.79 Å². The van der Waals surface area contributed by atoms with Crippen LogP contribution >= 0.6 is 37.0 Å².